The lowest BCUT2D eigenvalue weighted by molar-refractivity contribution is -0.129. The van der Waals surface area contributed by atoms with Gasteiger partial charge in [-0.15, -0.1) is 0 Å². The van der Waals surface area contributed by atoms with Crippen molar-refractivity contribution >= 4 is 28.4 Å². The minimum atomic E-state index is -2.91. The number of aromatic nitrogens is 3. The number of ether oxygens (including phenoxy) is 1. The van der Waals surface area contributed by atoms with Gasteiger partial charge >= 0.3 is 0 Å². The van der Waals surface area contributed by atoms with Crippen LogP contribution >= 0.6 is 0 Å². The Hall–Kier alpha value is -3.63. The first-order chi connectivity index (χ1) is 16.7. The first kappa shape index (κ1) is 24.5. The van der Waals surface area contributed by atoms with Crippen LogP contribution in [0.15, 0.2) is 24.3 Å². The number of aryl methyl sites for hydroxylation is 1. The van der Waals surface area contributed by atoms with Crippen molar-refractivity contribution in [3.63, 3.8) is 0 Å². The van der Waals surface area contributed by atoms with E-state index in [4.69, 9.17) is 4.74 Å². The van der Waals surface area contributed by atoms with Gasteiger partial charge in [0.1, 0.15) is 23.1 Å². The van der Waals surface area contributed by atoms with E-state index < -0.39 is 23.8 Å². The summed E-state index contributed by atoms with van der Waals surface area (Å²) in [5.41, 5.74) is 0.571. The van der Waals surface area contributed by atoms with Gasteiger partial charge in [-0.3, -0.25) is 4.79 Å². The van der Waals surface area contributed by atoms with E-state index in [1.54, 1.807) is 25.7 Å². The molecule has 3 heterocycles. The number of amides is 1. The highest BCUT2D eigenvalue weighted by atomic mass is 19.3. The van der Waals surface area contributed by atoms with Gasteiger partial charge < -0.3 is 19.9 Å². The summed E-state index contributed by atoms with van der Waals surface area (Å²) in [6, 6.07) is 5.15. The normalized spacial score (nSPS) is 15.0. The summed E-state index contributed by atoms with van der Waals surface area (Å²) in [6.45, 7) is 7.27. The smallest absolute Gasteiger partial charge is 0.266 e. The number of nitrogens with zero attached hydrogens (tertiary/aromatic N) is 5. The van der Waals surface area contributed by atoms with Crippen LogP contribution in [0.25, 0.3) is 11.0 Å². The molecule has 1 amide bonds. The van der Waals surface area contributed by atoms with Crippen LogP contribution in [0, 0.1) is 12.7 Å². The van der Waals surface area contributed by atoms with Gasteiger partial charge in [0, 0.05) is 38.7 Å². The SMILES string of the molecule is COc1nc2nc(C)nc(NC(C)c3cccc(C(F)F)c3F)c2cc1N1CCN(C(C)=O)CC1. The summed E-state index contributed by atoms with van der Waals surface area (Å²) >= 11 is 0. The van der Waals surface area contributed by atoms with E-state index in [1.165, 1.54) is 19.2 Å². The van der Waals surface area contributed by atoms with Crippen molar-refractivity contribution in [2.45, 2.75) is 33.2 Å². The molecule has 1 saturated heterocycles. The Morgan fingerprint density at radius 3 is 2.43 bits per heavy atom. The molecule has 0 bridgehead atoms. The third-order valence-electron chi connectivity index (χ3n) is 6.12. The number of methoxy groups -OCH3 is 1. The van der Waals surface area contributed by atoms with Gasteiger partial charge in [-0.05, 0) is 19.9 Å². The van der Waals surface area contributed by atoms with Gasteiger partial charge in [0.05, 0.1) is 24.1 Å². The van der Waals surface area contributed by atoms with Crippen LogP contribution in [0.4, 0.5) is 24.7 Å². The number of anilines is 2. The van der Waals surface area contributed by atoms with Gasteiger partial charge in [0.15, 0.2) is 5.65 Å². The van der Waals surface area contributed by atoms with Gasteiger partial charge in [0.25, 0.3) is 6.43 Å². The number of benzene rings is 1. The monoisotopic (exact) mass is 488 g/mol. The third kappa shape index (κ3) is 4.94. The summed E-state index contributed by atoms with van der Waals surface area (Å²) in [4.78, 5) is 29.0. The number of piperazine rings is 1. The van der Waals surface area contributed by atoms with E-state index in [1.807, 2.05) is 6.07 Å². The highest BCUT2D eigenvalue weighted by molar-refractivity contribution is 5.90. The quantitative estimate of drug-likeness (QED) is 0.555. The van der Waals surface area contributed by atoms with Crippen molar-refractivity contribution in [1.82, 2.24) is 19.9 Å². The molecule has 8 nitrogen and oxygen atoms in total. The summed E-state index contributed by atoms with van der Waals surface area (Å²) in [6.07, 6.45) is -2.91. The second kappa shape index (κ2) is 9.93. The zero-order chi connectivity index (χ0) is 25.3. The minimum absolute atomic E-state index is 0.0285. The van der Waals surface area contributed by atoms with E-state index in [-0.39, 0.29) is 11.5 Å². The summed E-state index contributed by atoms with van der Waals surface area (Å²) in [5, 5.41) is 3.73. The number of alkyl halides is 2. The summed E-state index contributed by atoms with van der Waals surface area (Å²) in [7, 11) is 1.53. The number of carbonyl (C=O) groups excluding carboxylic acids is 1. The topological polar surface area (TPSA) is 83.5 Å². The first-order valence-electron chi connectivity index (χ1n) is 11.3. The predicted octanol–water partition coefficient (Wildman–Crippen LogP) is 4.26. The molecule has 11 heteroatoms. The van der Waals surface area contributed by atoms with E-state index in [2.05, 4.69) is 25.2 Å². The zero-order valence-electron chi connectivity index (χ0n) is 20.0. The van der Waals surface area contributed by atoms with E-state index in [0.29, 0.717) is 54.7 Å². The van der Waals surface area contributed by atoms with Crippen LogP contribution in [0.5, 0.6) is 5.88 Å². The Bertz CT molecular complexity index is 1250. The van der Waals surface area contributed by atoms with Crippen molar-refractivity contribution in [1.29, 1.82) is 0 Å². The molecule has 186 valence electrons. The number of hydrogen-bond acceptors (Lipinski definition) is 7. The number of fused-ring (bicyclic) bond motifs is 1. The molecule has 0 aliphatic carbocycles. The fourth-order valence-corrected chi connectivity index (χ4v) is 4.24. The molecule has 1 aliphatic heterocycles. The van der Waals surface area contributed by atoms with E-state index >= 15 is 0 Å². The van der Waals surface area contributed by atoms with Gasteiger partial charge in [-0.25, -0.2) is 23.1 Å². The first-order valence-corrected chi connectivity index (χ1v) is 11.3. The largest absolute Gasteiger partial charge is 0.479 e. The standard InChI is InChI=1S/C24H27F3N6O2/c1-13(16-6-5-7-17(20(16)25)21(26)27)28-22-18-12-19(33-10-8-32(9-11-33)15(3)34)24(35-4)31-23(18)30-14(2)29-22/h5-7,12-13,21H,8-11H2,1-4H3,(H,28,29,30,31). The van der Waals surface area contributed by atoms with Crippen LogP contribution in [-0.4, -0.2) is 59.0 Å². The molecule has 4 rings (SSSR count). The number of hydrogen-bond donors (Lipinski definition) is 1. The fourth-order valence-electron chi connectivity index (χ4n) is 4.24. The predicted molar refractivity (Wildman–Crippen MR) is 126 cm³/mol. The van der Waals surface area contributed by atoms with Gasteiger partial charge in [-0.2, -0.15) is 4.98 Å². The fraction of sp³-hybridized carbons (Fsp3) is 0.417. The maximum atomic E-state index is 14.7. The Balaban J connectivity index is 1.71. The molecule has 35 heavy (non-hydrogen) atoms. The molecule has 0 radical (unpaired) electrons. The van der Waals surface area contributed by atoms with Crippen molar-refractivity contribution in [2.75, 3.05) is 43.5 Å². The molecule has 0 saturated carbocycles. The minimum Gasteiger partial charge on any atom is -0.479 e. The van der Waals surface area contributed by atoms with Crippen molar-refractivity contribution < 1.29 is 22.7 Å². The van der Waals surface area contributed by atoms with Crippen LogP contribution in [-0.2, 0) is 4.79 Å². The van der Waals surface area contributed by atoms with E-state index in [0.717, 1.165) is 11.8 Å². The lowest BCUT2D eigenvalue weighted by atomic mass is 10.0. The Morgan fingerprint density at radius 1 is 1.11 bits per heavy atom. The van der Waals surface area contributed by atoms with Crippen LogP contribution in [0.2, 0.25) is 0 Å². The maximum absolute atomic E-state index is 14.7. The lowest BCUT2D eigenvalue weighted by Crippen LogP contribution is -2.48. The third-order valence-corrected chi connectivity index (χ3v) is 6.12. The molecule has 0 spiro atoms. The number of carbonyl (C=O) groups is 1. The summed E-state index contributed by atoms with van der Waals surface area (Å²) < 4.78 is 46.7. The molecule has 1 unspecified atom stereocenters. The molecular formula is C24H27F3N6O2. The van der Waals surface area contributed by atoms with E-state index in [9.17, 15) is 18.0 Å². The number of pyridine rings is 1. The molecule has 1 atom stereocenters. The number of halogens is 3. The molecule has 1 aliphatic rings. The van der Waals surface area contributed by atoms with Crippen molar-refractivity contribution in [2.24, 2.45) is 0 Å². The number of rotatable bonds is 6. The van der Waals surface area contributed by atoms with Crippen LogP contribution < -0.4 is 15.0 Å². The van der Waals surface area contributed by atoms with Crippen LogP contribution in [0.3, 0.4) is 0 Å². The second-order valence-electron chi connectivity index (χ2n) is 8.42. The molecular weight excluding hydrogens is 461 g/mol. The Kier molecular flexibility index (Phi) is 6.95. The highest BCUT2D eigenvalue weighted by Crippen LogP contribution is 2.35. The van der Waals surface area contributed by atoms with Gasteiger partial charge in [0.2, 0.25) is 11.8 Å². The Labute approximate surface area is 201 Å². The Morgan fingerprint density at radius 2 is 1.80 bits per heavy atom. The lowest BCUT2D eigenvalue weighted by Gasteiger charge is -2.36. The molecule has 3 aromatic rings. The molecule has 1 N–H and O–H groups in total. The molecule has 1 fully saturated rings. The van der Waals surface area contributed by atoms with Crippen molar-refractivity contribution in [3.8, 4) is 5.88 Å². The highest BCUT2D eigenvalue weighted by Gasteiger charge is 2.25. The zero-order valence-corrected chi connectivity index (χ0v) is 20.0. The average molecular weight is 489 g/mol. The summed E-state index contributed by atoms with van der Waals surface area (Å²) in [5.74, 6) is 0.315. The molecule has 2 aromatic heterocycles. The average Bonchev–Trinajstić information content (AvgIpc) is 2.83. The molecule has 1 aromatic carbocycles. The maximum Gasteiger partial charge on any atom is 0.266 e. The van der Waals surface area contributed by atoms with Crippen LogP contribution in [0.1, 0.15) is 43.3 Å². The number of nitrogens with one attached hydrogen (secondary N) is 1. The van der Waals surface area contributed by atoms with Crippen molar-refractivity contribution in [3.05, 3.63) is 47.0 Å². The second-order valence-corrected chi connectivity index (χ2v) is 8.42. The van der Waals surface area contributed by atoms with Gasteiger partial charge in [-0.1, -0.05) is 18.2 Å².